The molecule has 0 aliphatic heterocycles. The predicted molar refractivity (Wildman–Crippen MR) is 86.2 cm³/mol. The monoisotopic (exact) mass is 447 g/mol. The summed E-state index contributed by atoms with van der Waals surface area (Å²) >= 11 is 0. The van der Waals surface area contributed by atoms with Crippen LogP contribution in [0.4, 0.5) is 0 Å². The number of unbranched alkanes of at least 4 members (excludes halogenated alkanes) is 6. The van der Waals surface area contributed by atoms with Crippen molar-refractivity contribution in [3.05, 3.63) is 0 Å². The fourth-order valence-corrected chi connectivity index (χ4v) is 2.99. The van der Waals surface area contributed by atoms with Crippen molar-refractivity contribution in [2.75, 3.05) is 0 Å². The number of rotatable bonds is 14. The van der Waals surface area contributed by atoms with Gasteiger partial charge in [0.2, 0.25) is 0 Å². The van der Waals surface area contributed by atoms with E-state index < -0.39 is 8.25 Å². The van der Waals surface area contributed by atoms with Crippen LogP contribution in [-0.4, -0.2) is 12.2 Å². The second kappa shape index (κ2) is 17.7. The van der Waals surface area contributed by atoms with Gasteiger partial charge >= 0.3 is 8.25 Å². The second-order valence-corrected chi connectivity index (χ2v) is 6.62. The Labute approximate surface area is 165 Å². The average Bonchev–Trinajstić information content (AvgIpc) is 2.39. The molecule has 0 heterocycles. The van der Waals surface area contributed by atoms with Crippen LogP contribution >= 0.6 is 8.25 Å². The van der Waals surface area contributed by atoms with Gasteiger partial charge in [-0.1, -0.05) is 65.2 Å². The fraction of sp³-hybridized carbons (Fsp3) is 1.00. The minimum atomic E-state index is -1.96. The molecule has 5 heteroatoms. The smallest absolute Gasteiger partial charge is 0.116 e. The van der Waals surface area contributed by atoms with Crippen molar-refractivity contribution in [3.63, 3.8) is 0 Å². The van der Waals surface area contributed by atoms with Crippen molar-refractivity contribution in [3.8, 4) is 0 Å². The Kier molecular flexibility index (Phi) is 20.8. The van der Waals surface area contributed by atoms with E-state index in [2.05, 4.69) is 13.8 Å². The van der Waals surface area contributed by atoms with Gasteiger partial charge in [0.05, 0.1) is 0 Å². The van der Waals surface area contributed by atoms with E-state index in [1.807, 2.05) is 13.8 Å². The number of hydrogen-bond donors (Lipinski definition) is 0. The molecule has 0 fully saturated rings. The molecule has 0 amide bonds. The van der Waals surface area contributed by atoms with Gasteiger partial charge in [0.15, 0.2) is 0 Å². The summed E-state index contributed by atoms with van der Waals surface area (Å²) < 4.78 is 22.6. The fourth-order valence-electron chi connectivity index (χ4n) is 2.14. The van der Waals surface area contributed by atoms with Gasteiger partial charge in [-0.05, 0) is 26.7 Å². The zero-order valence-electron chi connectivity index (χ0n) is 14.4. The van der Waals surface area contributed by atoms with E-state index in [0.29, 0.717) is 0 Å². The standard InChI is InChI=1S/C16H34O3P.Nd/c1-5-7-9-11-13-15(3)18-20(17)19-16(4)14-12-10-8-6-2;/h15-16H,5-14H2,1-4H3;/q+1;. The van der Waals surface area contributed by atoms with Crippen LogP contribution in [0, 0.1) is 40.8 Å². The van der Waals surface area contributed by atoms with E-state index in [4.69, 9.17) is 9.05 Å². The first-order valence-corrected chi connectivity index (χ1v) is 9.50. The van der Waals surface area contributed by atoms with Crippen molar-refractivity contribution in [2.24, 2.45) is 0 Å². The van der Waals surface area contributed by atoms with Crippen molar-refractivity contribution < 1.29 is 54.5 Å². The zero-order chi connectivity index (χ0) is 15.2. The minimum Gasteiger partial charge on any atom is -0.116 e. The predicted octanol–water partition coefficient (Wildman–Crippen LogP) is 6.39. The Balaban J connectivity index is 0. The third-order valence-electron chi connectivity index (χ3n) is 3.46. The van der Waals surface area contributed by atoms with Gasteiger partial charge in [-0.3, -0.25) is 0 Å². The summed E-state index contributed by atoms with van der Waals surface area (Å²) in [6.07, 6.45) is 11.8. The van der Waals surface area contributed by atoms with Crippen LogP contribution < -0.4 is 0 Å². The molecule has 0 bridgehead atoms. The molecule has 0 radical (unpaired) electrons. The quantitative estimate of drug-likeness (QED) is 0.227. The molecular weight excluding hydrogens is 415 g/mol. The van der Waals surface area contributed by atoms with Gasteiger partial charge in [0.1, 0.15) is 12.2 Å². The normalized spacial score (nSPS) is 14.4. The van der Waals surface area contributed by atoms with E-state index >= 15 is 0 Å². The van der Waals surface area contributed by atoms with Crippen LogP contribution in [-0.2, 0) is 13.6 Å². The first-order valence-electron chi connectivity index (χ1n) is 8.40. The van der Waals surface area contributed by atoms with Crippen LogP contribution in [0.25, 0.3) is 0 Å². The minimum absolute atomic E-state index is 0. The Morgan fingerprint density at radius 2 is 1.14 bits per heavy atom. The van der Waals surface area contributed by atoms with Crippen molar-refractivity contribution in [1.29, 1.82) is 0 Å². The Bertz CT molecular complexity index is 218. The topological polar surface area (TPSA) is 35.5 Å². The molecule has 124 valence electrons. The van der Waals surface area contributed by atoms with Crippen LogP contribution in [0.5, 0.6) is 0 Å². The van der Waals surface area contributed by atoms with E-state index in [1.165, 1.54) is 38.5 Å². The summed E-state index contributed by atoms with van der Waals surface area (Å²) in [6, 6.07) is 0. The summed E-state index contributed by atoms with van der Waals surface area (Å²) in [6.45, 7) is 8.36. The Morgan fingerprint density at radius 3 is 1.48 bits per heavy atom. The van der Waals surface area contributed by atoms with Gasteiger partial charge in [0.25, 0.3) is 0 Å². The SMILES string of the molecule is CCCCCCC(C)O[P+](=O)OC(C)CCCCCC.[Nd]. The molecule has 0 saturated carbocycles. The van der Waals surface area contributed by atoms with Crippen LogP contribution in [0.2, 0.25) is 0 Å². The molecule has 0 aromatic carbocycles. The molecule has 0 rings (SSSR count). The first kappa shape index (κ1) is 24.6. The third kappa shape index (κ3) is 17.6. The average molecular weight is 450 g/mol. The molecule has 0 spiro atoms. The first-order chi connectivity index (χ1) is 9.60. The van der Waals surface area contributed by atoms with Crippen LogP contribution in [0.3, 0.4) is 0 Å². The Morgan fingerprint density at radius 1 is 0.762 bits per heavy atom. The largest absolute Gasteiger partial charge is 0.697 e. The van der Waals surface area contributed by atoms with Gasteiger partial charge in [0, 0.05) is 45.4 Å². The molecular formula is C16H34NdO3P+. The van der Waals surface area contributed by atoms with Crippen LogP contribution in [0.1, 0.15) is 91.9 Å². The molecule has 2 atom stereocenters. The molecule has 0 N–H and O–H groups in total. The second-order valence-electron chi connectivity index (χ2n) is 5.75. The maximum Gasteiger partial charge on any atom is 0.697 e. The number of hydrogen-bond acceptors (Lipinski definition) is 3. The summed E-state index contributed by atoms with van der Waals surface area (Å²) in [5.41, 5.74) is 0. The maximum atomic E-state index is 11.7. The van der Waals surface area contributed by atoms with Gasteiger partial charge in [-0.2, -0.15) is 0 Å². The Hall–Kier alpha value is 1.37. The molecule has 2 unspecified atom stereocenters. The van der Waals surface area contributed by atoms with E-state index in [-0.39, 0.29) is 53.0 Å². The summed E-state index contributed by atoms with van der Waals surface area (Å²) in [7, 11) is -1.96. The molecule has 0 saturated heterocycles. The van der Waals surface area contributed by atoms with Gasteiger partial charge < -0.3 is 0 Å². The molecule has 0 aromatic heterocycles. The molecule has 0 aliphatic carbocycles. The zero-order valence-corrected chi connectivity index (χ0v) is 18.5. The molecule has 0 aliphatic rings. The van der Waals surface area contributed by atoms with Gasteiger partial charge in [-0.25, -0.2) is 0 Å². The summed E-state index contributed by atoms with van der Waals surface area (Å²) in [5, 5.41) is 0. The van der Waals surface area contributed by atoms with Crippen LogP contribution in [0.15, 0.2) is 0 Å². The molecule has 0 aromatic rings. The van der Waals surface area contributed by atoms with E-state index in [9.17, 15) is 4.57 Å². The van der Waals surface area contributed by atoms with E-state index in [1.54, 1.807) is 0 Å². The van der Waals surface area contributed by atoms with Gasteiger partial charge in [-0.15, -0.1) is 9.05 Å². The summed E-state index contributed by atoms with van der Waals surface area (Å²) in [4.78, 5) is 0. The third-order valence-corrected chi connectivity index (χ3v) is 4.52. The molecule has 3 nitrogen and oxygen atoms in total. The molecule has 21 heavy (non-hydrogen) atoms. The van der Waals surface area contributed by atoms with Crippen molar-refractivity contribution in [1.82, 2.24) is 0 Å². The summed E-state index contributed by atoms with van der Waals surface area (Å²) in [5.74, 6) is 0. The van der Waals surface area contributed by atoms with E-state index in [0.717, 1.165) is 25.7 Å². The maximum absolute atomic E-state index is 11.7. The van der Waals surface area contributed by atoms with Crippen molar-refractivity contribution >= 4 is 8.25 Å². The van der Waals surface area contributed by atoms with Crippen molar-refractivity contribution in [2.45, 2.75) is 104 Å².